The minimum atomic E-state index is 0.406. The minimum Gasteiger partial charge on any atom is -0.490 e. The van der Waals surface area contributed by atoms with E-state index in [1.54, 1.807) is 0 Å². The summed E-state index contributed by atoms with van der Waals surface area (Å²) in [4.78, 5) is 0. The summed E-state index contributed by atoms with van der Waals surface area (Å²) in [5.41, 5.74) is 0. The van der Waals surface area contributed by atoms with Gasteiger partial charge in [0.25, 0.3) is 0 Å². The fourth-order valence-corrected chi connectivity index (χ4v) is 3.79. The van der Waals surface area contributed by atoms with E-state index in [0.29, 0.717) is 6.10 Å². The molecule has 0 heterocycles. The molecule has 0 radical (unpaired) electrons. The maximum absolute atomic E-state index is 6.30. The van der Waals surface area contributed by atoms with Crippen LogP contribution in [0.1, 0.15) is 123 Å². The van der Waals surface area contributed by atoms with Crippen LogP contribution in [0.15, 0.2) is 30.3 Å². The highest BCUT2D eigenvalue weighted by Gasteiger charge is 2.10. The van der Waals surface area contributed by atoms with E-state index in [9.17, 15) is 0 Å². The van der Waals surface area contributed by atoms with Crippen molar-refractivity contribution in [3.63, 3.8) is 0 Å². The van der Waals surface area contributed by atoms with Crippen molar-refractivity contribution in [2.45, 2.75) is 129 Å². The molecule has 1 aromatic rings. The molecule has 0 saturated heterocycles. The van der Waals surface area contributed by atoms with E-state index in [1.807, 2.05) is 0 Å². The molecular weight excluding hydrogens is 328 g/mol. The van der Waals surface area contributed by atoms with Gasteiger partial charge in [-0.1, -0.05) is 116 Å². The highest BCUT2D eigenvalue weighted by atomic mass is 16.5. The molecule has 1 rings (SSSR count). The molecular formula is C26H46O. The van der Waals surface area contributed by atoms with Crippen molar-refractivity contribution in [2.75, 3.05) is 0 Å². The number of para-hydroxylation sites is 1. The predicted octanol–water partition coefficient (Wildman–Crippen LogP) is 9.11. The second kappa shape index (κ2) is 18.4. The van der Waals surface area contributed by atoms with Crippen molar-refractivity contribution in [3.8, 4) is 5.75 Å². The lowest BCUT2D eigenvalue weighted by molar-refractivity contribution is 0.172. The Labute approximate surface area is 170 Å². The summed E-state index contributed by atoms with van der Waals surface area (Å²) in [6.07, 6.45) is 23.7. The molecule has 0 N–H and O–H groups in total. The second-order valence-electron chi connectivity index (χ2n) is 8.23. The molecule has 1 aromatic carbocycles. The molecule has 27 heavy (non-hydrogen) atoms. The molecule has 0 aliphatic rings. The summed E-state index contributed by atoms with van der Waals surface area (Å²) in [5, 5.41) is 0. The smallest absolute Gasteiger partial charge is 0.119 e. The Morgan fingerprint density at radius 3 is 1.41 bits per heavy atom. The first-order chi connectivity index (χ1) is 13.4. The van der Waals surface area contributed by atoms with Crippen molar-refractivity contribution in [1.82, 2.24) is 0 Å². The maximum atomic E-state index is 6.30. The molecule has 1 atom stereocenters. The van der Waals surface area contributed by atoms with Gasteiger partial charge in [-0.25, -0.2) is 0 Å². The van der Waals surface area contributed by atoms with E-state index >= 15 is 0 Å². The van der Waals surface area contributed by atoms with Crippen LogP contribution in [0.3, 0.4) is 0 Å². The Hall–Kier alpha value is -0.980. The lowest BCUT2D eigenvalue weighted by Gasteiger charge is -2.19. The summed E-state index contributed by atoms with van der Waals surface area (Å²) in [7, 11) is 0. The van der Waals surface area contributed by atoms with Crippen LogP contribution in [0.5, 0.6) is 5.75 Å². The molecule has 0 bridgehead atoms. The average molecular weight is 375 g/mol. The van der Waals surface area contributed by atoms with E-state index in [0.717, 1.165) is 5.75 Å². The molecule has 1 nitrogen and oxygen atoms in total. The molecule has 1 heteroatoms. The van der Waals surface area contributed by atoms with Gasteiger partial charge in [-0.05, 0) is 37.8 Å². The Morgan fingerprint density at radius 1 is 0.556 bits per heavy atom. The van der Waals surface area contributed by atoms with Gasteiger partial charge in [-0.15, -0.1) is 0 Å². The zero-order chi connectivity index (χ0) is 19.4. The second-order valence-corrected chi connectivity index (χ2v) is 8.23. The van der Waals surface area contributed by atoms with Gasteiger partial charge in [-0.3, -0.25) is 0 Å². The van der Waals surface area contributed by atoms with Gasteiger partial charge >= 0.3 is 0 Å². The third-order valence-corrected chi connectivity index (χ3v) is 5.56. The van der Waals surface area contributed by atoms with Crippen molar-refractivity contribution < 1.29 is 4.74 Å². The fraction of sp³-hybridized carbons (Fsp3) is 0.769. The quantitative estimate of drug-likeness (QED) is 0.219. The van der Waals surface area contributed by atoms with Gasteiger partial charge in [0.05, 0.1) is 6.10 Å². The molecule has 0 saturated carbocycles. The molecule has 1 unspecified atom stereocenters. The van der Waals surface area contributed by atoms with Crippen molar-refractivity contribution in [1.29, 1.82) is 0 Å². The van der Waals surface area contributed by atoms with Crippen molar-refractivity contribution >= 4 is 0 Å². The van der Waals surface area contributed by atoms with Crippen molar-refractivity contribution in [3.05, 3.63) is 30.3 Å². The zero-order valence-electron chi connectivity index (χ0n) is 18.4. The van der Waals surface area contributed by atoms with Crippen LogP contribution < -0.4 is 4.74 Å². The highest BCUT2D eigenvalue weighted by molar-refractivity contribution is 5.21. The van der Waals surface area contributed by atoms with Gasteiger partial charge in [0.15, 0.2) is 0 Å². The summed E-state index contributed by atoms with van der Waals surface area (Å²) < 4.78 is 6.30. The van der Waals surface area contributed by atoms with Crippen LogP contribution in [0, 0.1) is 0 Å². The number of rotatable bonds is 19. The average Bonchev–Trinajstić information content (AvgIpc) is 2.69. The predicted molar refractivity (Wildman–Crippen MR) is 121 cm³/mol. The first-order valence-corrected chi connectivity index (χ1v) is 12.1. The number of benzene rings is 1. The van der Waals surface area contributed by atoms with E-state index < -0.39 is 0 Å². The van der Waals surface area contributed by atoms with E-state index in [4.69, 9.17) is 4.74 Å². The lowest BCUT2D eigenvalue weighted by atomic mass is 10.0. The zero-order valence-corrected chi connectivity index (χ0v) is 18.4. The van der Waals surface area contributed by atoms with E-state index in [1.165, 1.54) is 109 Å². The number of ether oxygens (including phenoxy) is 1. The molecule has 0 spiro atoms. The number of hydrogen-bond donors (Lipinski definition) is 0. The van der Waals surface area contributed by atoms with Crippen LogP contribution in [0.25, 0.3) is 0 Å². The summed E-state index contributed by atoms with van der Waals surface area (Å²) in [6, 6.07) is 10.4. The first kappa shape index (κ1) is 24.1. The third kappa shape index (κ3) is 14.7. The van der Waals surface area contributed by atoms with Crippen LogP contribution in [0.4, 0.5) is 0 Å². The largest absolute Gasteiger partial charge is 0.490 e. The molecule has 156 valence electrons. The summed E-state index contributed by atoms with van der Waals surface area (Å²) in [6.45, 7) is 4.58. The SMILES string of the molecule is CCCCCCCCCCCCC(CCCCCCC)Oc1ccccc1. The maximum Gasteiger partial charge on any atom is 0.119 e. The normalized spacial score (nSPS) is 12.2. The van der Waals surface area contributed by atoms with Crippen LogP contribution >= 0.6 is 0 Å². The summed E-state index contributed by atoms with van der Waals surface area (Å²) >= 11 is 0. The topological polar surface area (TPSA) is 9.23 Å². The Balaban J connectivity index is 2.14. The summed E-state index contributed by atoms with van der Waals surface area (Å²) in [5.74, 6) is 1.04. The van der Waals surface area contributed by atoms with Gasteiger partial charge < -0.3 is 4.74 Å². The van der Waals surface area contributed by atoms with Gasteiger partial charge in [-0.2, -0.15) is 0 Å². The van der Waals surface area contributed by atoms with Crippen LogP contribution in [-0.4, -0.2) is 6.10 Å². The fourth-order valence-electron chi connectivity index (χ4n) is 3.79. The Kier molecular flexibility index (Phi) is 16.4. The minimum absolute atomic E-state index is 0.406. The molecule has 0 aromatic heterocycles. The van der Waals surface area contributed by atoms with Gasteiger partial charge in [0.2, 0.25) is 0 Å². The first-order valence-electron chi connectivity index (χ1n) is 12.1. The standard InChI is InChI=1S/C26H46O/c1-3-5-7-9-10-11-12-13-15-18-22-25(21-17-14-8-6-4-2)27-26-23-19-16-20-24-26/h16,19-20,23-25H,3-15,17-18,21-22H2,1-2H3. The molecule has 0 aliphatic carbocycles. The van der Waals surface area contributed by atoms with Gasteiger partial charge in [0, 0.05) is 0 Å². The molecule has 0 amide bonds. The van der Waals surface area contributed by atoms with Gasteiger partial charge in [0.1, 0.15) is 5.75 Å². The van der Waals surface area contributed by atoms with E-state index in [2.05, 4.69) is 44.2 Å². The number of unbranched alkanes of at least 4 members (excludes halogenated alkanes) is 13. The molecule has 0 fully saturated rings. The van der Waals surface area contributed by atoms with Crippen LogP contribution in [0.2, 0.25) is 0 Å². The van der Waals surface area contributed by atoms with Crippen molar-refractivity contribution in [2.24, 2.45) is 0 Å². The highest BCUT2D eigenvalue weighted by Crippen LogP contribution is 2.20. The Morgan fingerprint density at radius 2 is 0.963 bits per heavy atom. The molecule has 0 aliphatic heterocycles. The van der Waals surface area contributed by atoms with Crippen LogP contribution in [-0.2, 0) is 0 Å². The monoisotopic (exact) mass is 374 g/mol. The Bertz CT molecular complexity index is 400. The van der Waals surface area contributed by atoms with E-state index in [-0.39, 0.29) is 0 Å². The number of hydrogen-bond acceptors (Lipinski definition) is 1. The lowest BCUT2D eigenvalue weighted by Crippen LogP contribution is -2.16. The third-order valence-electron chi connectivity index (χ3n) is 5.56.